The zero-order chi connectivity index (χ0) is 9.73. The molecular weight excluding hydrogens is 188 g/mol. The Morgan fingerprint density at radius 2 is 2.38 bits per heavy atom. The fourth-order valence-electron chi connectivity index (χ4n) is 1.41. The summed E-state index contributed by atoms with van der Waals surface area (Å²) in [4.78, 5) is 0. The van der Waals surface area contributed by atoms with Gasteiger partial charge in [0.1, 0.15) is 0 Å². The van der Waals surface area contributed by atoms with Gasteiger partial charge in [-0.05, 0) is 19.4 Å². The van der Waals surface area contributed by atoms with Crippen molar-refractivity contribution in [3.05, 3.63) is 12.7 Å². The Morgan fingerprint density at radius 1 is 1.62 bits per heavy atom. The van der Waals surface area contributed by atoms with Gasteiger partial charge in [0.2, 0.25) is 10.0 Å². The summed E-state index contributed by atoms with van der Waals surface area (Å²) >= 11 is 0. The summed E-state index contributed by atoms with van der Waals surface area (Å²) in [6.45, 7) is 5.12. The van der Waals surface area contributed by atoms with Crippen molar-refractivity contribution in [1.82, 2.24) is 10.0 Å². The molecule has 1 fully saturated rings. The molecule has 0 aromatic carbocycles. The number of hydrogen-bond donors (Lipinski definition) is 2. The van der Waals surface area contributed by atoms with Crippen molar-refractivity contribution in [2.45, 2.75) is 18.9 Å². The van der Waals surface area contributed by atoms with Crippen LogP contribution in [0.5, 0.6) is 0 Å². The molecule has 5 heteroatoms. The SMILES string of the molecule is C=CCS(=O)(=O)N[C@H]1CCCNC1. The first-order valence-electron chi connectivity index (χ1n) is 4.45. The smallest absolute Gasteiger partial charge is 0.215 e. The van der Waals surface area contributed by atoms with E-state index in [1.165, 1.54) is 6.08 Å². The second-order valence-electron chi connectivity index (χ2n) is 3.23. The van der Waals surface area contributed by atoms with Crippen molar-refractivity contribution in [3.63, 3.8) is 0 Å². The molecule has 1 rings (SSSR count). The molecule has 0 aliphatic carbocycles. The fourth-order valence-corrected chi connectivity index (χ4v) is 2.53. The summed E-state index contributed by atoms with van der Waals surface area (Å²) in [5.74, 6) is 0.00347. The van der Waals surface area contributed by atoms with Gasteiger partial charge in [-0.2, -0.15) is 0 Å². The summed E-state index contributed by atoms with van der Waals surface area (Å²) in [5, 5.41) is 3.15. The molecule has 1 heterocycles. The van der Waals surface area contributed by atoms with Gasteiger partial charge < -0.3 is 5.32 Å². The molecule has 13 heavy (non-hydrogen) atoms. The van der Waals surface area contributed by atoms with E-state index in [9.17, 15) is 8.42 Å². The van der Waals surface area contributed by atoms with Gasteiger partial charge in [-0.15, -0.1) is 6.58 Å². The standard InChI is InChI=1S/C8H16N2O2S/c1-2-6-13(11,12)10-8-4-3-5-9-7-8/h2,8-10H,1,3-7H2/t8-/m0/s1. The number of nitrogens with one attached hydrogen (secondary N) is 2. The molecule has 1 saturated heterocycles. The van der Waals surface area contributed by atoms with E-state index in [2.05, 4.69) is 16.6 Å². The second kappa shape index (κ2) is 4.74. The minimum absolute atomic E-state index is 0.00347. The van der Waals surface area contributed by atoms with Crippen molar-refractivity contribution >= 4 is 10.0 Å². The lowest BCUT2D eigenvalue weighted by Gasteiger charge is -2.23. The molecule has 0 radical (unpaired) electrons. The van der Waals surface area contributed by atoms with Gasteiger partial charge in [-0.3, -0.25) is 0 Å². The predicted octanol–water partition coefficient (Wildman–Crippen LogP) is -0.156. The van der Waals surface area contributed by atoms with Crippen molar-refractivity contribution < 1.29 is 8.42 Å². The molecular formula is C8H16N2O2S. The summed E-state index contributed by atoms with van der Waals surface area (Å²) in [6, 6.07) is 0.0544. The number of hydrogen-bond acceptors (Lipinski definition) is 3. The highest BCUT2D eigenvalue weighted by molar-refractivity contribution is 7.89. The maximum Gasteiger partial charge on any atom is 0.215 e. The van der Waals surface area contributed by atoms with E-state index < -0.39 is 10.0 Å². The van der Waals surface area contributed by atoms with E-state index in [0.717, 1.165) is 25.9 Å². The second-order valence-corrected chi connectivity index (χ2v) is 5.03. The molecule has 2 N–H and O–H groups in total. The highest BCUT2D eigenvalue weighted by Gasteiger charge is 2.18. The van der Waals surface area contributed by atoms with Gasteiger partial charge >= 0.3 is 0 Å². The Bertz CT molecular complexity index is 255. The number of rotatable bonds is 4. The zero-order valence-electron chi connectivity index (χ0n) is 7.62. The van der Waals surface area contributed by atoms with Gasteiger partial charge in [0.15, 0.2) is 0 Å². The fraction of sp³-hybridized carbons (Fsp3) is 0.750. The molecule has 0 unspecified atom stereocenters. The van der Waals surface area contributed by atoms with Crippen molar-refractivity contribution in [3.8, 4) is 0 Å². The Labute approximate surface area is 79.5 Å². The Balaban J connectivity index is 2.41. The Kier molecular flexibility index (Phi) is 3.90. The van der Waals surface area contributed by atoms with Crippen LogP contribution in [0.15, 0.2) is 12.7 Å². The molecule has 0 aromatic rings. The molecule has 0 bridgehead atoms. The highest BCUT2D eigenvalue weighted by Crippen LogP contribution is 2.02. The Hall–Kier alpha value is -0.390. The van der Waals surface area contributed by atoms with Crippen molar-refractivity contribution in [2.24, 2.45) is 0 Å². The molecule has 0 spiro atoms. The maximum atomic E-state index is 11.3. The third-order valence-corrected chi connectivity index (χ3v) is 3.35. The lowest BCUT2D eigenvalue weighted by Crippen LogP contribution is -2.46. The van der Waals surface area contributed by atoms with Crippen LogP contribution < -0.4 is 10.0 Å². The molecule has 4 nitrogen and oxygen atoms in total. The third-order valence-electron chi connectivity index (χ3n) is 1.98. The van der Waals surface area contributed by atoms with E-state index in [-0.39, 0.29) is 11.8 Å². The van der Waals surface area contributed by atoms with Crippen LogP contribution in [0.1, 0.15) is 12.8 Å². The average molecular weight is 204 g/mol. The Morgan fingerprint density at radius 3 is 2.92 bits per heavy atom. The van der Waals surface area contributed by atoms with Crippen LogP contribution in [-0.4, -0.2) is 33.3 Å². The van der Waals surface area contributed by atoms with Crippen LogP contribution in [0.4, 0.5) is 0 Å². The summed E-state index contributed by atoms with van der Waals surface area (Å²) < 4.78 is 25.2. The first kappa shape index (κ1) is 10.7. The van der Waals surface area contributed by atoms with Gasteiger partial charge in [0.05, 0.1) is 5.75 Å². The molecule has 1 aliphatic rings. The van der Waals surface area contributed by atoms with E-state index in [0.29, 0.717) is 0 Å². The molecule has 0 amide bonds. The summed E-state index contributed by atoms with van der Waals surface area (Å²) in [6.07, 6.45) is 3.35. The quantitative estimate of drug-likeness (QED) is 0.626. The van der Waals surface area contributed by atoms with Gasteiger partial charge in [0.25, 0.3) is 0 Å². The average Bonchev–Trinajstić information content (AvgIpc) is 2.04. The maximum absolute atomic E-state index is 11.3. The lowest BCUT2D eigenvalue weighted by atomic mass is 10.1. The first-order valence-corrected chi connectivity index (χ1v) is 6.11. The van der Waals surface area contributed by atoms with E-state index in [4.69, 9.17) is 0 Å². The number of piperidine rings is 1. The van der Waals surface area contributed by atoms with Crippen LogP contribution in [0.25, 0.3) is 0 Å². The van der Waals surface area contributed by atoms with Crippen LogP contribution in [0.3, 0.4) is 0 Å². The lowest BCUT2D eigenvalue weighted by molar-refractivity contribution is 0.429. The van der Waals surface area contributed by atoms with Gasteiger partial charge in [-0.25, -0.2) is 13.1 Å². The van der Waals surface area contributed by atoms with Crippen LogP contribution in [0, 0.1) is 0 Å². The molecule has 0 saturated carbocycles. The minimum atomic E-state index is -3.14. The minimum Gasteiger partial charge on any atom is -0.315 e. The van der Waals surface area contributed by atoms with Gasteiger partial charge in [-0.1, -0.05) is 6.08 Å². The normalized spacial score (nSPS) is 24.2. The van der Waals surface area contributed by atoms with E-state index >= 15 is 0 Å². The molecule has 1 atom stereocenters. The van der Waals surface area contributed by atoms with Crippen LogP contribution >= 0.6 is 0 Å². The summed E-state index contributed by atoms with van der Waals surface area (Å²) in [5.41, 5.74) is 0. The predicted molar refractivity (Wildman–Crippen MR) is 53.0 cm³/mol. The van der Waals surface area contributed by atoms with Gasteiger partial charge in [0, 0.05) is 12.6 Å². The molecule has 76 valence electrons. The van der Waals surface area contributed by atoms with E-state index in [1.807, 2.05) is 0 Å². The van der Waals surface area contributed by atoms with E-state index in [1.54, 1.807) is 0 Å². The topological polar surface area (TPSA) is 58.2 Å². The third kappa shape index (κ3) is 3.89. The largest absolute Gasteiger partial charge is 0.315 e. The number of sulfonamides is 1. The van der Waals surface area contributed by atoms with Crippen molar-refractivity contribution in [2.75, 3.05) is 18.8 Å². The highest BCUT2D eigenvalue weighted by atomic mass is 32.2. The van der Waals surface area contributed by atoms with Crippen molar-refractivity contribution in [1.29, 1.82) is 0 Å². The van der Waals surface area contributed by atoms with Crippen LogP contribution in [0.2, 0.25) is 0 Å². The van der Waals surface area contributed by atoms with Crippen LogP contribution in [-0.2, 0) is 10.0 Å². The molecule has 1 aliphatic heterocycles. The zero-order valence-corrected chi connectivity index (χ0v) is 8.44. The molecule has 0 aromatic heterocycles. The summed E-state index contributed by atoms with van der Waals surface area (Å²) in [7, 11) is -3.14. The first-order chi connectivity index (χ1) is 6.14. The monoisotopic (exact) mass is 204 g/mol.